The van der Waals surface area contributed by atoms with E-state index in [0.29, 0.717) is 11.6 Å². The highest BCUT2D eigenvalue weighted by Gasteiger charge is 2.33. The van der Waals surface area contributed by atoms with Crippen LogP contribution in [-0.2, 0) is 4.74 Å². The van der Waals surface area contributed by atoms with E-state index in [1.165, 1.54) is 51.9 Å². The van der Waals surface area contributed by atoms with Crippen molar-refractivity contribution in [2.24, 2.45) is 5.92 Å². The van der Waals surface area contributed by atoms with Crippen LogP contribution in [0, 0.1) is 5.92 Å². The molecular formula is C15H30N2O. The van der Waals surface area contributed by atoms with Crippen LogP contribution in [0.2, 0.25) is 0 Å². The van der Waals surface area contributed by atoms with Crippen LogP contribution >= 0.6 is 0 Å². The molecule has 2 rings (SSSR count). The van der Waals surface area contributed by atoms with Gasteiger partial charge in [0.1, 0.15) is 0 Å². The molecule has 3 heteroatoms. The SMILES string of the molecule is CCC1(CC)CN(CC2CCOC2C)CCCN1. The van der Waals surface area contributed by atoms with Gasteiger partial charge in [0.25, 0.3) is 0 Å². The molecule has 2 saturated heterocycles. The highest BCUT2D eigenvalue weighted by atomic mass is 16.5. The van der Waals surface area contributed by atoms with Gasteiger partial charge >= 0.3 is 0 Å². The molecule has 0 aromatic rings. The lowest BCUT2D eigenvalue weighted by Gasteiger charge is -2.36. The van der Waals surface area contributed by atoms with E-state index in [1.807, 2.05) is 0 Å². The molecule has 2 aliphatic rings. The van der Waals surface area contributed by atoms with Crippen LogP contribution in [0.4, 0.5) is 0 Å². The van der Waals surface area contributed by atoms with Crippen LogP contribution in [0.3, 0.4) is 0 Å². The van der Waals surface area contributed by atoms with Crippen molar-refractivity contribution in [3.8, 4) is 0 Å². The van der Waals surface area contributed by atoms with E-state index in [0.717, 1.165) is 12.5 Å². The fraction of sp³-hybridized carbons (Fsp3) is 1.00. The maximum Gasteiger partial charge on any atom is 0.0588 e. The Hall–Kier alpha value is -0.120. The number of hydrogen-bond acceptors (Lipinski definition) is 3. The second kappa shape index (κ2) is 6.36. The summed E-state index contributed by atoms with van der Waals surface area (Å²) in [5, 5.41) is 3.79. The smallest absolute Gasteiger partial charge is 0.0588 e. The van der Waals surface area contributed by atoms with Gasteiger partial charge in [-0.25, -0.2) is 0 Å². The number of rotatable bonds is 4. The normalized spacial score (nSPS) is 33.5. The van der Waals surface area contributed by atoms with Gasteiger partial charge in [0.05, 0.1) is 6.10 Å². The first kappa shape index (κ1) is 14.3. The van der Waals surface area contributed by atoms with Gasteiger partial charge in [0.2, 0.25) is 0 Å². The molecule has 0 aromatic heterocycles. The zero-order valence-electron chi connectivity index (χ0n) is 12.4. The third kappa shape index (κ3) is 3.25. The van der Waals surface area contributed by atoms with E-state index in [4.69, 9.17) is 4.74 Å². The molecule has 0 spiro atoms. The molecule has 3 nitrogen and oxygen atoms in total. The molecule has 2 heterocycles. The molecule has 2 aliphatic heterocycles. The second-order valence-corrected chi connectivity index (χ2v) is 6.13. The topological polar surface area (TPSA) is 24.5 Å². The Morgan fingerprint density at radius 3 is 2.72 bits per heavy atom. The van der Waals surface area contributed by atoms with Crippen molar-refractivity contribution >= 4 is 0 Å². The molecular weight excluding hydrogens is 224 g/mol. The van der Waals surface area contributed by atoms with Gasteiger partial charge in [-0.3, -0.25) is 0 Å². The Morgan fingerprint density at radius 1 is 1.33 bits per heavy atom. The molecule has 18 heavy (non-hydrogen) atoms. The summed E-state index contributed by atoms with van der Waals surface area (Å²) in [6.45, 7) is 12.7. The van der Waals surface area contributed by atoms with Crippen molar-refractivity contribution in [2.45, 2.75) is 58.1 Å². The van der Waals surface area contributed by atoms with Gasteiger partial charge in [0, 0.05) is 25.2 Å². The number of nitrogens with zero attached hydrogens (tertiary/aromatic N) is 1. The Balaban J connectivity index is 1.94. The molecule has 0 radical (unpaired) electrons. The highest BCUT2D eigenvalue weighted by Crippen LogP contribution is 2.25. The van der Waals surface area contributed by atoms with Crippen molar-refractivity contribution < 1.29 is 4.74 Å². The average Bonchev–Trinajstić information content (AvgIpc) is 2.67. The minimum absolute atomic E-state index is 0.346. The fourth-order valence-corrected chi connectivity index (χ4v) is 3.45. The number of nitrogens with one attached hydrogen (secondary N) is 1. The maximum atomic E-state index is 5.70. The highest BCUT2D eigenvalue weighted by molar-refractivity contribution is 4.92. The Kier molecular flexibility index (Phi) is 5.05. The van der Waals surface area contributed by atoms with Crippen molar-refractivity contribution in [1.29, 1.82) is 0 Å². The lowest BCUT2D eigenvalue weighted by Crippen LogP contribution is -2.51. The predicted octanol–water partition coefficient (Wildman–Crippen LogP) is 2.27. The van der Waals surface area contributed by atoms with Crippen molar-refractivity contribution in [3.63, 3.8) is 0 Å². The van der Waals surface area contributed by atoms with E-state index in [-0.39, 0.29) is 0 Å². The minimum Gasteiger partial charge on any atom is -0.378 e. The summed E-state index contributed by atoms with van der Waals surface area (Å²) in [5.74, 6) is 0.745. The van der Waals surface area contributed by atoms with Gasteiger partial charge in [-0.1, -0.05) is 13.8 Å². The lowest BCUT2D eigenvalue weighted by atomic mass is 9.91. The summed E-state index contributed by atoms with van der Waals surface area (Å²) < 4.78 is 5.70. The van der Waals surface area contributed by atoms with E-state index >= 15 is 0 Å². The van der Waals surface area contributed by atoms with Gasteiger partial charge in [-0.05, 0) is 51.6 Å². The zero-order chi connectivity index (χ0) is 13.0. The van der Waals surface area contributed by atoms with Gasteiger partial charge < -0.3 is 15.0 Å². The predicted molar refractivity (Wildman–Crippen MR) is 75.9 cm³/mol. The molecule has 0 amide bonds. The molecule has 0 aliphatic carbocycles. The maximum absolute atomic E-state index is 5.70. The molecule has 0 aromatic carbocycles. The van der Waals surface area contributed by atoms with Crippen molar-refractivity contribution in [1.82, 2.24) is 10.2 Å². The average molecular weight is 254 g/mol. The summed E-state index contributed by atoms with van der Waals surface area (Å²) in [6.07, 6.45) is 5.45. The van der Waals surface area contributed by atoms with Gasteiger partial charge in [-0.2, -0.15) is 0 Å². The monoisotopic (exact) mass is 254 g/mol. The lowest BCUT2D eigenvalue weighted by molar-refractivity contribution is 0.0877. The fourth-order valence-electron chi connectivity index (χ4n) is 3.45. The standard InChI is InChI=1S/C15H30N2O/c1-4-15(5-2)12-17(9-6-8-16-15)11-14-7-10-18-13(14)3/h13-14,16H,4-12H2,1-3H3. The van der Waals surface area contributed by atoms with Crippen LogP contribution in [0.1, 0.15) is 46.5 Å². The molecule has 2 atom stereocenters. The summed E-state index contributed by atoms with van der Waals surface area (Å²) in [4.78, 5) is 2.68. The Bertz CT molecular complexity index is 253. The summed E-state index contributed by atoms with van der Waals surface area (Å²) in [5.41, 5.74) is 0.346. The molecule has 2 fully saturated rings. The summed E-state index contributed by atoms with van der Waals surface area (Å²) in [7, 11) is 0. The van der Waals surface area contributed by atoms with E-state index in [2.05, 4.69) is 31.0 Å². The molecule has 0 bridgehead atoms. The first-order valence-corrected chi connectivity index (χ1v) is 7.78. The van der Waals surface area contributed by atoms with Crippen molar-refractivity contribution in [3.05, 3.63) is 0 Å². The zero-order valence-corrected chi connectivity index (χ0v) is 12.4. The first-order valence-electron chi connectivity index (χ1n) is 7.78. The number of hydrogen-bond donors (Lipinski definition) is 1. The number of ether oxygens (including phenoxy) is 1. The first-order chi connectivity index (χ1) is 8.69. The van der Waals surface area contributed by atoms with Crippen LogP contribution < -0.4 is 5.32 Å². The third-order valence-electron chi connectivity index (χ3n) is 5.06. The largest absolute Gasteiger partial charge is 0.378 e. The van der Waals surface area contributed by atoms with Crippen LogP contribution in [0.5, 0.6) is 0 Å². The van der Waals surface area contributed by atoms with Crippen molar-refractivity contribution in [2.75, 3.05) is 32.8 Å². The third-order valence-corrected chi connectivity index (χ3v) is 5.06. The second-order valence-electron chi connectivity index (χ2n) is 6.13. The van der Waals surface area contributed by atoms with Crippen LogP contribution in [0.25, 0.3) is 0 Å². The quantitative estimate of drug-likeness (QED) is 0.833. The Labute approximate surface area is 112 Å². The molecule has 106 valence electrons. The molecule has 2 unspecified atom stereocenters. The van der Waals surface area contributed by atoms with Crippen LogP contribution in [-0.4, -0.2) is 49.3 Å². The van der Waals surface area contributed by atoms with E-state index in [1.54, 1.807) is 0 Å². The van der Waals surface area contributed by atoms with E-state index in [9.17, 15) is 0 Å². The minimum atomic E-state index is 0.346. The Morgan fingerprint density at radius 2 is 2.11 bits per heavy atom. The van der Waals surface area contributed by atoms with Gasteiger partial charge in [-0.15, -0.1) is 0 Å². The van der Waals surface area contributed by atoms with Crippen LogP contribution in [0.15, 0.2) is 0 Å². The van der Waals surface area contributed by atoms with E-state index < -0.39 is 0 Å². The summed E-state index contributed by atoms with van der Waals surface area (Å²) in [6, 6.07) is 0. The molecule has 1 N–H and O–H groups in total. The van der Waals surface area contributed by atoms with Gasteiger partial charge in [0.15, 0.2) is 0 Å². The molecule has 0 saturated carbocycles. The summed E-state index contributed by atoms with van der Waals surface area (Å²) >= 11 is 0.